The lowest BCUT2D eigenvalue weighted by molar-refractivity contribution is 0.102. The predicted molar refractivity (Wildman–Crippen MR) is 85.0 cm³/mol. The third-order valence-corrected chi connectivity index (χ3v) is 5.13. The number of hydrogen-bond donors (Lipinski definition) is 1. The highest BCUT2D eigenvalue weighted by atomic mass is 15.2. The van der Waals surface area contributed by atoms with Crippen molar-refractivity contribution in [1.29, 1.82) is 0 Å². The minimum absolute atomic E-state index is 0.127. The van der Waals surface area contributed by atoms with Gasteiger partial charge in [0.15, 0.2) is 0 Å². The molecule has 2 saturated heterocycles. The molecule has 1 aromatic rings. The van der Waals surface area contributed by atoms with E-state index in [1.807, 2.05) is 6.92 Å². The van der Waals surface area contributed by atoms with Gasteiger partial charge in [0.25, 0.3) is 0 Å². The largest absolute Gasteiger partial charge is 0.371 e. The van der Waals surface area contributed by atoms with E-state index >= 15 is 0 Å². The molecule has 3 atom stereocenters. The highest BCUT2D eigenvalue weighted by molar-refractivity contribution is 5.48. The Labute approximate surface area is 122 Å². The van der Waals surface area contributed by atoms with Gasteiger partial charge < -0.3 is 15.5 Å². The second-order valence-electron chi connectivity index (χ2n) is 6.57. The van der Waals surface area contributed by atoms with E-state index in [1.54, 1.807) is 0 Å². The molecule has 20 heavy (non-hydrogen) atoms. The highest BCUT2D eigenvalue weighted by Gasteiger charge is 2.34. The molecule has 0 aliphatic carbocycles. The van der Waals surface area contributed by atoms with Gasteiger partial charge in [-0.1, -0.05) is 12.1 Å². The quantitative estimate of drug-likeness (QED) is 0.899. The zero-order valence-electron chi connectivity index (χ0n) is 12.8. The topological polar surface area (TPSA) is 32.5 Å². The van der Waals surface area contributed by atoms with Crippen molar-refractivity contribution in [2.45, 2.75) is 38.3 Å². The Hall–Kier alpha value is -1.06. The number of nitrogens with zero attached hydrogens (tertiary/aromatic N) is 2. The minimum Gasteiger partial charge on any atom is -0.371 e. The first-order valence-corrected chi connectivity index (χ1v) is 7.96. The third kappa shape index (κ3) is 2.70. The number of piperidine rings is 2. The van der Waals surface area contributed by atoms with E-state index in [4.69, 9.17) is 5.73 Å². The molecule has 2 unspecified atom stereocenters. The average Bonchev–Trinajstić information content (AvgIpc) is 2.47. The Bertz CT molecular complexity index is 440. The summed E-state index contributed by atoms with van der Waals surface area (Å²) in [6.45, 7) is 5.72. The lowest BCUT2D eigenvalue weighted by Crippen LogP contribution is -2.52. The van der Waals surface area contributed by atoms with E-state index in [1.165, 1.54) is 50.1 Å². The molecule has 110 valence electrons. The maximum atomic E-state index is 5.93. The summed E-state index contributed by atoms with van der Waals surface area (Å²) in [7, 11) is 2.30. The van der Waals surface area contributed by atoms with Gasteiger partial charge in [0.2, 0.25) is 0 Å². The van der Waals surface area contributed by atoms with Crippen LogP contribution in [-0.2, 0) is 0 Å². The lowest BCUT2D eigenvalue weighted by Gasteiger charge is -2.46. The second kappa shape index (κ2) is 5.74. The van der Waals surface area contributed by atoms with Crippen LogP contribution in [0.25, 0.3) is 0 Å². The molecule has 2 heterocycles. The Morgan fingerprint density at radius 2 is 1.90 bits per heavy atom. The number of nitrogens with two attached hydrogens (primary N) is 1. The number of fused-ring (bicyclic) bond motifs is 1. The molecule has 2 N–H and O–H groups in total. The molecule has 3 heteroatoms. The fraction of sp³-hybridized carbons (Fsp3) is 0.647. The summed E-state index contributed by atoms with van der Waals surface area (Å²) < 4.78 is 0. The summed E-state index contributed by atoms with van der Waals surface area (Å²) in [4.78, 5) is 5.13. The molecule has 0 spiro atoms. The Balaban J connectivity index is 1.69. The van der Waals surface area contributed by atoms with E-state index in [9.17, 15) is 0 Å². The van der Waals surface area contributed by atoms with Gasteiger partial charge in [0, 0.05) is 30.9 Å². The van der Waals surface area contributed by atoms with Crippen LogP contribution < -0.4 is 10.6 Å². The van der Waals surface area contributed by atoms with Crippen molar-refractivity contribution < 1.29 is 0 Å². The van der Waals surface area contributed by atoms with Crippen LogP contribution in [0, 0.1) is 5.92 Å². The van der Waals surface area contributed by atoms with Gasteiger partial charge in [-0.2, -0.15) is 0 Å². The van der Waals surface area contributed by atoms with Gasteiger partial charge in [-0.05, 0) is 63.4 Å². The molecule has 2 fully saturated rings. The first kappa shape index (κ1) is 13.9. The van der Waals surface area contributed by atoms with Gasteiger partial charge in [0.05, 0.1) is 0 Å². The molecule has 1 aromatic carbocycles. The maximum Gasteiger partial charge on any atom is 0.0366 e. The third-order valence-electron chi connectivity index (χ3n) is 5.13. The average molecular weight is 273 g/mol. The van der Waals surface area contributed by atoms with Gasteiger partial charge in [-0.25, -0.2) is 0 Å². The van der Waals surface area contributed by atoms with Crippen LogP contribution in [-0.4, -0.2) is 37.6 Å². The predicted octanol–water partition coefficient (Wildman–Crippen LogP) is 2.63. The van der Waals surface area contributed by atoms with Gasteiger partial charge >= 0.3 is 0 Å². The number of rotatable bonds is 2. The molecule has 2 aliphatic rings. The number of likely N-dealkylation sites (tertiary alicyclic amines) is 1. The Kier molecular flexibility index (Phi) is 3.99. The van der Waals surface area contributed by atoms with Crippen molar-refractivity contribution in [3.05, 3.63) is 29.8 Å². The van der Waals surface area contributed by atoms with E-state index in [0.717, 1.165) is 12.0 Å². The smallest absolute Gasteiger partial charge is 0.0366 e. The van der Waals surface area contributed by atoms with Crippen LogP contribution in [0.15, 0.2) is 24.3 Å². The van der Waals surface area contributed by atoms with Gasteiger partial charge in [-0.15, -0.1) is 0 Å². The van der Waals surface area contributed by atoms with Crippen molar-refractivity contribution in [2.24, 2.45) is 11.7 Å². The second-order valence-corrected chi connectivity index (χ2v) is 6.57. The summed E-state index contributed by atoms with van der Waals surface area (Å²) >= 11 is 0. The molecule has 2 aliphatic heterocycles. The van der Waals surface area contributed by atoms with Crippen molar-refractivity contribution >= 4 is 5.69 Å². The fourth-order valence-electron chi connectivity index (χ4n) is 3.88. The van der Waals surface area contributed by atoms with Crippen LogP contribution >= 0.6 is 0 Å². The molecule has 0 saturated carbocycles. The minimum atomic E-state index is 0.127. The molecular weight excluding hydrogens is 246 g/mol. The molecule has 3 rings (SSSR count). The van der Waals surface area contributed by atoms with Gasteiger partial charge in [0.1, 0.15) is 0 Å². The Morgan fingerprint density at radius 3 is 2.60 bits per heavy atom. The zero-order chi connectivity index (χ0) is 14.1. The van der Waals surface area contributed by atoms with Gasteiger partial charge in [-0.3, -0.25) is 0 Å². The summed E-state index contributed by atoms with van der Waals surface area (Å²) in [5.41, 5.74) is 8.51. The summed E-state index contributed by atoms with van der Waals surface area (Å²) in [5.74, 6) is 0.843. The maximum absolute atomic E-state index is 5.93. The number of hydrogen-bond acceptors (Lipinski definition) is 3. The zero-order valence-corrected chi connectivity index (χ0v) is 12.8. The molecule has 3 nitrogen and oxygen atoms in total. The van der Waals surface area contributed by atoms with Crippen molar-refractivity contribution in [3.63, 3.8) is 0 Å². The highest BCUT2D eigenvalue weighted by Crippen LogP contribution is 2.32. The van der Waals surface area contributed by atoms with Crippen LogP contribution in [0.5, 0.6) is 0 Å². The lowest BCUT2D eigenvalue weighted by atomic mass is 9.84. The first-order valence-electron chi connectivity index (χ1n) is 7.96. The molecule has 0 radical (unpaired) electrons. The fourth-order valence-corrected chi connectivity index (χ4v) is 3.88. The summed E-state index contributed by atoms with van der Waals surface area (Å²) in [6.07, 6.45) is 4.05. The van der Waals surface area contributed by atoms with Crippen molar-refractivity contribution in [2.75, 3.05) is 31.6 Å². The number of benzene rings is 1. The summed E-state index contributed by atoms with van der Waals surface area (Å²) in [6, 6.07) is 9.78. The van der Waals surface area contributed by atoms with Crippen molar-refractivity contribution in [3.8, 4) is 0 Å². The molecule has 0 bridgehead atoms. The molecule has 0 aromatic heterocycles. The molecular formula is C17H27N3. The SMILES string of the molecule is C[C@H](N)c1ccc(N2CCC3C(CCCN3C)C2)cc1. The van der Waals surface area contributed by atoms with Crippen LogP contribution in [0.2, 0.25) is 0 Å². The van der Waals surface area contributed by atoms with Crippen molar-refractivity contribution in [1.82, 2.24) is 4.90 Å². The van der Waals surface area contributed by atoms with E-state index in [0.29, 0.717) is 0 Å². The first-order chi connectivity index (χ1) is 9.65. The normalized spacial score (nSPS) is 29.1. The monoisotopic (exact) mass is 273 g/mol. The van der Waals surface area contributed by atoms with Crippen LogP contribution in [0.3, 0.4) is 0 Å². The van der Waals surface area contributed by atoms with E-state index in [2.05, 4.69) is 41.1 Å². The van der Waals surface area contributed by atoms with Crippen LogP contribution in [0.4, 0.5) is 5.69 Å². The number of anilines is 1. The molecule has 0 amide bonds. The van der Waals surface area contributed by atoms with Crippen LogP contribution in [0.1, 0.15) is 37.8 Å². The Morgan fingerprint density at radius 1 is 1.15 bits per heavy atom. The summed E-state index contributed by atoms with van der Waals surface area (Å²) in [5, 5.41) is 0. The van der Waals surface area contributed by atoms with E-state index in [-0.39, 0.29) is 6.04 Å². The standard InChI is InChI=1S/C17H27N3/c1-13(18)14-5-7-16(8-6-14)20-11-9-17-15(12-20)4-3-10-19(17)2/h5-8,13,15,17H,3-4,9-12,18H2,1-2H3/t13-,15?,17?/m0/s1. The van der Waals surface area contributed by atoms with E-state index < -0.39 is 0 Å².